The summed E-state index contributed by atoms with van der Waals surface area (Å²) in [5.74, 6) is 0.161. The predicted molar refractivity (Wildman–Crippen MR) is 167 cm³/mol. The van der Waals surface area contributed by atoms with Crippen LogP contribution in [0.2, 0.25) is 0 Å². The molecule has 0 bridgehead atoms. The minimum atomic E-state index is -0.894. The van der Waals surface area contributed by atoms with Crippen LogP contribution < -0.4 is 0 Å². The zero-order valence-electron chi connectivity index (χ0n) is 28.3. The van der Waals surface area contributed by atoms with E-state index in [0.29, 0.717) is 23.7 Å². The van der Waals surface area contributed by atoms with Crippen LogP contribution in [0.1, 0.15) is 133 Å². The SMILES string of the molecule is C[C@H]1[C@H](C)CC[C@]2(C(=O)O)CC[C@]3(C)C(=CC[C@@H]4[C@@]5(C)CC[C@H](OC(=O)CC(C)(C)CC(=O)O)C(C)(C)[C@@H]5CC[C@]43C)[C@H]12. The number of carboxylic acid groups (broad SMARTS) is 2. The van der Waals surface area contributed by atoms with Gasteiger partial charge in [0.15, 0.2) is 0 Å². The van der Waals surface area contributed by atoms with Crippen LogP contribution in [-0.2, 0) is 19.1 Å². The molecule has 43 heavy (non-hydrogen) atoms. The number of carboxylic acids is 2. The molecule has 5 aliphatic rings. The first kappa shape index (κ1) is 32.5. The van der Waals surface area contributed by atoms with Gasteiger partial charge in [0, 0.05) is 5.41 Å². The second kappa shape index (κ2) is 10.3. The average Bonchev–Trinajstić information content (AvgIpc) is 2.87. The van der Waals surface area contributed by atoms with Crippen molar-refractivity contribution in [3.05, 3.63) is 11.6 Å². The Kier molecular flexibility index (Phi) is 7.82. The Morgan fingerprint density at radius 1 is 0.884 bits per heavy atom. The van der Waals surface area contributed by atoms with Crippen LogP contribution in [0.4, 0.5) is 0 Å². The summed E-state index contributed by atoms with van der Waals surface area (Å²) in [7, 11) is 0. The topological polar surface area (TPSA) is 101 Å². The summed E-state index contributed by atoms with van der Waals surface area (Å²) in [6.45, 7) is 20.4. The average molecular weight is 599 g/mol. The Morgan fingerprint density at radius 2 is 1.56 bits per heavy atom. The lowest BCUT2D eigenvalue weighted by atomic mass is 9.33. The third kappa shape index (κ3) is 4.73. The van der Waals surface area contributed by atoms with Gasteiger partial charge >= 0.3 is 17.9 Å². The number of hydrogen-bond donors (Lipinski definition) is 2. The van der Waals surface area contributed by atoms with Crippen LogP contribution in [0, 0.1) is 62.1 Å². The summed E-state index contributed by atoms with van der Waals surface area (Å²) in [4.78, 5) is 37.3. The van der Waals surface area contributed by atoms with Gasteiger partial charge in [-0.05, 0) is 109 Å². The van der Waals surface area contributed by atoms with E-state index in [1.807, 2.05) is 13.8 Å². The molecule has 4 saturated carbocycles. The molecule has 5 aliphatic carbocycles. The monoisotopic (exact) mass is 598 g/mol. The summed E-state index contributed by atoms with van der Waals surface area (Å²) in [5, 5.41) is 19.9. The van der Waals surface area contributed by atoms with Crippen molar-refractivity contribution in [2.45, 2.75) is 139 Å². The fraction of sp³-hybridized carbons (Fsp3) is 0.865. The summed E-state index contributed by atoms with van der Waals surface area (Å²) in [6, 6.07) is 0. The van der Waals surface area contributed by atoms with Crippen molar-refractivity contribution < 1.29 is 29.3 Å². The molecule has 0 radical (unpaired) electrons. The number of esters is 1. The van der Waals surface area contributed by atoms with E-state index in [1.165, 1.54) is 5.57 Å². The molecule has 0 saturated heterocycles. The number of allylic oxidation sites excluding steroid dienone is 2. The van der Waals surface area contributed by atoms with Crippen molar-refractivity contribution >= 4 is 17.9 Å². The van der Waals surface area contributed by atoms with Crippen molar-refractivity contribution in [2.24, 2.45) is 62.1 Å². The summed E-state index contributed by atoms with van der Waals surface area (Å²) < 4.78 is 6.20. The van der Waals surface area contributed by atoms with E-state index >= 15 is 0 Å². The minimum Gasteiger partial charge on any atom is -0.481 e. The minimum absolute atomic E-state index is 0.0119. The number of rotatable bonds is 6. The van der Waals surface area contributed by atoms with Crippen LogP contribution in [0.25, 0.3) is 0 Å². The van der Waals surface area contributed by atoms with E-state index in [4.69, 9.17) is 4.74 Å². The zero-order chi connectivity index (χ0) is 32.0. The highest BCUT2D eigenvalue weighted by molar-refractivity contribution is 5.77. The third-order valence-electron chi connectivity index (χ3n) is 14.9. The zero-order valence-corrected chi connectivity index (χ0v) is 28.3. The van der Waals surface area contributed by atoms with Gasteiger partial charge in [0.05, 0.1) is 18.3 Å². The molecule has 2 N–H and O–H groups in total. The molecule has 10 atom stereocenters. The number of carbonyl (C=O) groups is 3. The Morgan fingerprint density at radius 3 is 2.19 bits per heavy atom. The molecule has 6 heteroatoms. The highest BCUT2D eigenvalue weighted by Crippen LogP contribution is 2.75. The molecule has 6 nitrogen and oxygen atoms in total. The Labute approximate surface area is 259 Å². The highest BCUT2D eigenvalue weighted by atomic mass is 16.5. The number of hydrogen-bond acceptors (Lipinski definition) is 4. The molecule has 0 aromatic rings. The van der Waals surface area contributed by atoms with E-state index in [0.717, 1.165) is 57.8 Å². The van der Waals surface area contributed by atoms with Crippen molar-refractivity contribution in [3.63, 3.8) is 0 Å². The van der Waals surface area contributed by atoms with E-state index in [1.54, 1.807) is 0 Å². The van der Waals surface area contributed by atoms with Gasteiger partial charge in [0.1, 0.15) is 6.10 Å². The van der Waals surface area contributed by atoms with Gasteiger partial charge in [-0.2, -0.15) is 0 Å². The molecule has 0 spiro atoms. The smallest absolute Gasteiger partial charge is 0.310 e. The van der Waals surface area contributed by atoms with E-state index in [9.17, 15) is 24.6 Å². The van der Waals surface area contributed by atoms with Crippen molar-refractivity contribution in [2.75, 3.05) is 0 Å². The molecule has 242 valence electrons. The van der Waals surface area contributed by atoms with Gasteiger partial charge in [0.25, 0.3) is 0 Å². The molecule has 0 aromatic heterocycles. The van der Waals surface area contributed by atoms with Crippen molar-refractivity contribution in [1.29, 1.82) is 0 Å². The van der Waals surface area contributed by atoms with Gasteiger partial charge in [-0.3, -0.25) is 14.4 Å². The Hall–Kier alpha value is -1.85. The maximum Gasteiger partial charge on any atom is 0.310 e. The summed E-state index contributed by atoms with van der Waals surface area (Å²) in [5.41, 5.74) is 0.188. The van der Waals surface area contributed by atoms with Gasteiger partial charge in [0.2, 0.25) is 0 Å². The molecular formula is C37H58O6. The van der Waals surface area contributed by atoms with Crippen molar-refractivity contribution in [3.8, 4) is 0 Å². The van der Waals surface area contributed by atoms with Gasteiger partial charge in [-0.1, -0.05) is 74.0 Å². The molecule has 4 fully saturated rings. The first-order valence-electron chi connectivity index (χ1n) is 17.1. The van der Waals surface area contributed by atoms with Gasteiger partial charge in [-0.25, -0.2) is 0 Å². The standard InChI is InChI=1S/C37H58O6/c1-22-12-17-37(31(41)42)19-18-35(8)24(30(37)23(22)2)10-11-26-34(7)15-14-27(33(5,6)25(34)13-16-36(26,35)9)43-29(40)21-32(3,4)20-28(38)39/h10,22-23,25-27,30H,11-21H2,1-9H3,(H,38,39)(H,41,42)/t22-,23+,25+,26-,27+,30+,34+,35-,36-,37+/m1/s1. The van der Waals surface area contributed by atoms with Gasteiger partial charge in [-0.15, -0.1) is 0 Å². The van der Waals surface area contributed by atoms with Crippen LogP contribution in [-0.4, -0.2) is 34.2 Å². The van der Waals surface area contributed by atoms with E-state index in [-0.39, 0.29) is 52.5 Å². The first-order chi connectivity index (χ1) is 19.7. The fourth-order valence-electron chi connectivity index (χ4n) is 12.1. The predicted octanol–water partition coefficient (Wildman–Crippen LogP) is 8.53. The lowest BCUT2D eigenvalue weighted by molar-refractivity contribution is -0.215. The quantitative estimate of drug-likeness (QED) is 0.235. The number of aliphatic carboxylic acids is 2. The molecule has 0 unspecified atom stereocenters. The molecule has 0 aromatic carbocycles. The molecular weight excluding hydrogens is 540 g/mol. The fourth-order valence-corrected chi connectivity index (χ4v) is 12.1. The number of carbonyl (C=O) groups excluding carboxylic acids is 1. The Bertz CT molecular complexity index is 1200. The number of ether oxygens (including phenoxy) is 1. The van der Waals surface area contributed by atoms with Gasteiger partial charge < -0.3 is 14.9 Å². The van der Waals surface area contributed by atoms with E-state index in [2.05, 4.69) is 54.5 Å². The molecule has 5 rings (SSSR count). The third-order valence-corrected chi connectivity index (χ3v) is 14.9. The maximum atomic E-state index is 13.1. The summed E-state index contributed by atoms with van der Waals surface area (Å²) in [6.07, 6.45) is 11.0. The molecule has 0 aliphatic heterocycles. The van der Waals surface area contributed by atoms with Crippen molar-refractivity contribution in [1.82, 2.24) is 0 Å². The lowest BCUT2D eigenvalue weighted by Gasteiger charge is -2.71. The maximum absolute atomic E-state index is 13.1. The largest absolute Gasteiger partial charge is 0.481 e. The van der Waals surface area contributed by atoms with Crippen LogP contribution in [0.15, 0.2) is 11.6 Å². The second-order valence-corrected chi connectivity index (χ2v) is 17.9. The normalized spacial score (nSPS) is 45.4. The Balaban J connectivity index is 1.43. The van der Waals surface area contributed by atoms with E-state index < -0.39 is 22.8 Å². The first-order valence-corrected chi connectivity index (χ1v) is 17.1. The summed E-state index contributed by atoms with van der Waals surface area (Å²) >= 11 is 0. The highest BCUT2D eigenvalue weighted by Gasteiger charge is 2.69. The van der Waals surface area contributed by atoms with Crippen LogP contribution >= 0.6 is 0 Å². The second-order valence-electron chi connectivity index (χ2n) is 17.9. The lowest BCUT2D eigenvalue weighted by Crippen LogP contribution is -2.65. The molecule has 0 amide bonds. The van der Waals surface area contributed by atoms with Crippen LogP contribution in [0.3, 0.4) is 0 Å². The number of fused-ring (bicyclic) bond motifs is 7. The molecule has 0 heterocycles. The van der Waals surface area contributed by atoms with Crippen LogP contribution in [0.5, 0.6) is 0 Å².